The fraction of sp³-hybridized carbons (Fsp3) is 0.312. The van der Waals surface area contributed by atoms with Crippen molar-refractivity contribution in [3.05, 3.63) is 46.4 Å². The minimum absolute atomic E-state index is 0.191. The van der Waals surface area contributed by atoms with E-state index < -0.39 is 0 Å². The van der Waals surface area contributed by atoms with Crippen LogP contribution in [0.3, 0.4) is 0 Å². The SMILES string of the molecule is CCCNC(=O)c1cc(Nc2ccc(Cl)cc2C)nc(C)n1. The van der Waals surface area contributed by atoms with E-state index in [0.717, 1.165) is 17.7 Å². The van der Waals surface area contributed by atoms with E-state index >= 15 is 0 Å². The zero-order chi connectivity index (χ0) is 16.1. The normalized spacial score (nSPS) is 10.4. The van der Waals surface area contributed by atoms with Crippen LogP contribution >= 0.6 is 11.6 Å². The molecule has 0 aliphatic heterocycles. The van der Waals surface area contributed by atoms with Crippen LogP contribution in [0.5, 0.6) is 0 Å². The van der Waals surface area contributed by atoms with Crippen molar-refractivity contribution in [2.45, 2.75) is 27.2 Å². The second-order valence-corrected chi connectivity index (χ2v) is 5.46. The van der Waals surface area contributed by atoms with Gasteiger partial charge in [0.2, 0.25) is 0 Å². The number of rotatable bonds is 5. The highest BCUT2D eigenvalue weighted by Crippen LogP contribution is 2.23. The molecule has 0 aliphatic carbocycles. The number of amides is 1. The molecular weight excluding hydrogens is 300 g/mol. The van der Waals surface area contributed by atoms with Gasteiger partial charge in [0.15, 0.2) is 0 Å². The van der Waals surface area contributed by atoms with Gasteiger partial charge in [0, 0.05) is 23.3 Å². The van der Waals surface area contributed by atoms with Crippen LogP contribution in [0.25, 0.3) is 0 Å². The fourth-order valence-corrected chi connectivity index (χ4v) is 2.21. The Morgan fingerprint density at radius 1 is 1.23 bits per heavy atom. The third-order valence-corrected chi connectivity index (χ3v) is 3.29. The lowest BCUT2D eigenvalue weighted by molar-refractivity contribution is 0.0948. The molecule has 0 atom stereocenters. The van der Waals surface area contributed by atoms with Crippen LogP contribution in [-0.4, -0.2) is 22.4 Å². The monoisotopic (exact) mass is 318 g/mol. The maximum absolute atomic E-state index is 12.0. The second-order valence-electron chi connectivity index (χ2n) is 5.03. The molecule has 6 heteroatoms. The van der Waals surface area contributed by atoms with Gasteiger partial charge in [-0.1, -0.05) is 18.5 Å². The van der Waals surface area contributed by atoms with Crippen molar-refractivity contribution in [2.24, 2.45) is 0 Å². The number of anilines is 2. The molecule has 0 spiro atoms. The summed E-state index contributed by atoms with van der Waals surface area (Å²) in [6.45, 7) is 6.34. The van der Waals surface area contributed by atoms with E-state index in [1.165, 1.54) is 0 Å². The number of carbonyl (C=O) groups excluding carboxylic acids is 1. The predicted molar refractivity (Wildman–Crippen MR) is 88.9 cm³/mol. The molecule has 0 bridgehead atoms. The number of hydrogen-bond acceptors (Lipinski definition) is 4. The van der Waals surface area contributed by atoms with E-state index in [1.807, 2.05) is 26.0 Å². The molecule has 1 aromatic carbocycles. The average molecular weight is 319 g/mol. The summed E-state index contributed by atoms with van der Waals surface area (Å²) in [5.41, 5.74) is 2.25. The van der Waals surface area contributed by atoms with Crippen LogP contribution < -0.4 is 10.6 Å². The molecule has 5 nitrogen and oxygen atoms in total. The van der Waals surface area contributed by atoms with Crippen LogP contribution in [0.15, 0.2) is 24.3 Å². The van der Waals surface area contributed by atoms with E-state index in [2.05, 4.69) is 20.6 Å². The first-order chi connectivity index (χ1) is 10.5. The Labute approximate surface area is 135 Å². The highest BCUT2D eigenvalue weighted by Gasteiger charge is 2.10. The first-order valence-electron chi connectivity index (χ1n) is 7.16. The van der Waals surface area contributed by atoms with Crippen LogP contribution in [0.1, 0.15) is 35.2 Å². The number of hydrogen-bond donors (Lipinski definition) is 2. The third kappa shape index (κ3) is 4.18. The van der Waals surface area contributed by atoms with Crippen molar-refractivity contribution in [1.29, 1.82) is 0 Å². The Morgan fingerprint density at radius 3 is 2.68 bits per heavy atom. The largest absolute Gasteiger partial charge is 0.351 e. The Hall–Kier alpha value is -2.14. The number of nitrogens with zero attached hydrogens (tertiary/aromatic N) is 2. The van der Waals surface area contributed by atoms with Crippen molar-refractivity contribution in [2.75, 3.05) is 11.9 Å². The number of aryl methyl sites for hydroxylation is 2. The maximum atomic E-state index is 12.0. The highest BCUT2D eigenvalue weighted by molar-refractivity contribution is 6.30. The lowest BCUT2D eigenvalue weighted by atomic mass is 10.2. The summed E-state index contributed by atoms with van der Waals surface area (Å²) in [5, 5.41) is 6.70. The first-order valence-corrected chi connectivity index (χ1v) is 7.54. The van der Waals surface area contributed by atoms with Crippen molar-refractivity contribution in [3.63, 3.8) is 0 Å². The number of carbonyl (C=O) groups is 1. The van der Waals surface area contributed by atoms with E-state index in [4.69, 9.17) is 11.6 Å². The van der Waals surface area contributed by atoms with E-state index in [9.17, 15) is 4.79 Å². The molecular formula is C16H19ClN4O. The predicted octanol–water partition coefficient (Wildman–Crippen LogP) is 3.63. The van der Waals surface area contributed by atoms with Gasteiger partial charge in [0.1, 0.15) is 17.3 Å². The zero-order valence-electron chi connectivity index (χ0n) is 12.9. The number of halogens is 1. The zero-order valence-corrected chi connectivity index (χ0v) is 13.7. The molecule has 2 N–H and O–H groups in total. The number of aromatic nitrogens is 2. The Kier molecular flexibility index (Phi) is 5.33. The van der Waals surface area contributed by atoms with E-state index in [-0.39, 0.29) is 5.91 Å². The van der Waals surface area contributed by atoms with E-state index in [0.29, 0.717) is 28.9 Å². The third-order valence-electron chi connectivity index (χ3n) is 3.06. The highest BCUT2D eigenvalue weighted by atomic mass is 35.5. The van der Waals surface area contributed by atoms with Gasteiger partial charge >= 0.3 is 0 Å². The topological polar surface area (TPSA) is 66.9 Å². The fourth-order valence-electron chi connectivity index (χ4n) is 1.98. The Morgan fingerprint density at radius 2 is 2.00 bits per heavy atom. The van der Waals surface area contributed by atoms with E-state index in [1.54, 1.807) is 19.1 Å². The lowest BCUT2D eigenvalue weighted by Crippen LogP contribution is -2.25. The van der Waals surface area contributed by atoms with Crippen LogP contribution in [0, 0.1) is 13.8 Å². The Bertz CT molecular complexity index is 688. The minimum atomic E-state index is -0.191. The molecule has 0 saturated heterocycles. The van der Waals surface area contributed by atoms with Gasteiger partial charge in [-0.2, -0.15) is 0 Å². The summed E-state index contributed by atoms with van der Waals surface area (Å²) in [4.78, 5) is 20.5. The van der Waals surface area contributed by atoms with Gasteiger partial charge in [-0.25, -0.2) is 9.97 Å². The molecule has 0 unspecified atom stereocenters. The first kappa shape index (κ1) is 16.2. The molecule has 116 valence electrons. The summed E-state index contributed by atoms with van der Waals surface area (Å²) >= 11 is 5.95. The van der Waals surface area contributed by atoms with Crippen molar-refractivity contribution < 1.29 is 4.79 Å². The van der Waals surface area contributed by atoms with Crippen LogP contribution in [-0.2, 0) is 0 Å². The Balaban J connectivity index is 2.24. The molecule has 1 amide bonds. The number of nitrogens with one attached hydrogen (secondary N) is 2. The van der Waals surface area contributed by atoms with Crippen molar-refractivity contribution in [3.8, 4) is 0 Å². The summed E-state index contributed by atoms with van der Waals surface area (Å²) in [6.07, 6.45) is 0.880. The minimum Gasteiger partial charge on any atom is -0.351 e. The molecule has 0 radical (unpaired) electrons. The van der Waals surface area contributed by atoms with Gasteiger partial charge in [0.25, 0.3) is 5.91 Å². The van der Waals surface area contributed by atoms with Crippen molar-refractivity contribution >= 4 is 29.0 Å². The molecule has 0 fully saturated rings. The lowest BCUT2D eigenvalue weighted by Gasteiger charge is -2.11. The summed E-state index contributed by atoms with van der Waals surface area (Å²) < 4.78 is 0. The van der Waals surface area contributed by atoms with Gasteiger partial charge in [-0.05, 0) is 44.0 Å². The van der Waals surface area contributed by atoms with Gasteiger partial charge in [-0.3, -0.25) is 4.79 Å². The van der Waals surface area contributed by atoms with Gasteiger partial charge < -0.3 is 10.6 Å². The summed E-state index contributed by atoms with van der Waals surface area (Å²) in [5.74, 6) is 0.932. The van der Waals surface area contributed by atoms with Gasteiger partial charge in [-0.15, -0.1) is 0 Å². The standard InChI is InChI=1S/C16H19ClN4O/c1-4-7-18-16(22)14-9-15(20-11(3)19-14)21-13-6-5-12(17)8-10(13)2/h5-6,8-9H,4,7H2,1-3H3,(H,18,22)(H,19,20,21). The molecule has 1 heterocycles. The second kappa shape index (κ2) is 7.22. The van der Waals surface area contributed by atoms with Crippen LogP contribution in [0.2, 0.25) is 5.02 Å². The molecule has 2 aromatic rings. The van der Waals surface area contributed by atoms with Crippen molar-refractivity contribution in [1.82, 2.24) is 15.3 Å². The quantitative estimate of drug-likeness (QED) is 0.883. The van der Waals surface area contributed by atoms with Crippen LogP contribution in [0.4, 0.5) is 11.5 Å². The smallest absolute Gasteiger partial charge is 0.270 e. The molecule has 22 heavy (non-hydrogen) atoms. The number of benzene rings is 1. The maximum Gasteiger partial charge on any atom is 0.270 e. The molecule has 0 saturated carbocycles. The molecule has 2 rings (SSSR count). The molecule has 1 aromatic heterocycles. The average Bonchev–Trinajstić information content (AvgIpc) is 2.47. The summed E-state index contributed by atoms with van der Waals surface area (Å²) in [6, 6.07) is 7.20. The summed E-state index contributed by atoms with van der Waals surface area (Å²) in [7, 11) is 0. The molecule has 0 aliphatic rings. The van der Waals surface area contributed by atoms with Gasteiger partial charge in [0.05, 0.1) is 0 Å².